The highest BCUT2D eigenvalue weighted by Gasteiger charge is 2.17. The van der Waals surface area contributed by atoms with E-state index in [0.717, 1.165) is 0 Å². The van der Waals surface area contributed by atoms with Crippen molar-refractivity contribution in [3.05, 3.63) is 58.5 Å². The molecule has 0 saturated heterocycles. The molecule has 0 spiro atoms. The van der Waals surface area contributed by atoms with Crippen molar-refractivity contribution in [3.8, 4) is 0 Å². The molecule has 7 heteroatoms. The molecule has 3 aromatic rings. The van der Waals surface area contributed by atoms with Gasteiger partial charge in [-0.25, -0.2) is 10.1 Å². The molecule has 0 saturated carbocycles. The lowest BCUT2D eigenvalue weighted by molar-refractivity contribution is 0.0934. The number of imidazole rings is 1. The molecule has 1 amide bonds. The molecule has 0 fully saturated rings. The fourth-order valence-corrected chi connectivity index (χ4v) is 2.14. The van der Waals surface area contributed by atoms with Gasteiger partial charge in [-0.2, -0.15) is 5.10 Å². The molecule has 106 valence electrons. The highest BCUT2D eigenvalue weighted by Crippen LogP contribution is 2.14. The number of carbonyl (C=O) groups is 1. The number of H-pyrrole nitrogens is 2. The highest BCUT2D eigenvalue weighted by molar-refractivity contribution is 6.04. The fraction of sp³-hybridized carbons (Fsp3) is 0.143. The monoisotopic (exact) mass is 283 g/mol. The average Bonchev–Trinajstić information content (AvgIpc) is 3.02. The number of carbonyl (C=O) groups excluding carboxylic acids is 1. The lowest BCUT2D eigenvalue weighted by Gasteiger charge is -2.11. The van der Waals surface area contributed by atoms with Gasteiger partial charge in [0.15, 0.2) is 5.69 Å². The summed E-state index contributed by atoms with van der Waals surface area (Å²) in [6.07, 6.45) is 3.30. The number of amides is 1. The number of hydrogen-bond donors (Lipinski definition) is 3. The summed E-state index contributed by atoms with van der Waals surface area (Å²) in [6.45, 7) is 1.81. The highest BCUT2D eigenvalue weighted by atomic mass is 16.2. The Balaban J connectivity index is 1.95. The van der Waals surface area contributed by atoms with Crippen LogP contribution < -0.4 is 10.9 Å². The molecule has 3 rings (SSSR count). The zero-order valence-corrected chi connectivity index (χ0v) is 11.3. The summed E-state index contributed by atoms with van der Waals surface area (Å²) >= 11 is 0. The van der Waals surface area contributed by atoms with E-state index in [1.54, 1.807) is 36.7 Å². The quantitative estimate of drug-likeness (QED) is 0.670. The Morgan fingerprint density at radius 3 is 2.76 bits per heavy atom. The van der Waals surface area contributed by atoms with E-state index in [-0.39, 0.29) is 23.2 Å². The zero-order valence-electron chi connectivity index (χ0n) is 11.3. The van der Waals surface area contributed by atoms with Crippen LogP contribution in [0.25, 0.3) is 10.8 Å². The molecule has 2 aromatic heterocycles. The molecular formula is C14H13N5O2. The minimum absolute atomic E-state index is 0.184. The van der Waals surface area contributed by atoms with Crippen LogP contribution in [0, 0.1) is 0 Å². The van der Waals surface area contributed by atoms with Gasteiger partial charge in [-0.05, 0) is 13.0 Å². The van der Waals surface area contributed by atoms with Gasteiger partial charge >= 0.3 is 0 Å². The fourth-order valence-electron chi connectivity index (χ4n) is 2.14. The zero-order chi connectivity index (χ0) is 14.8. The van der Waals surface area contributed by atoms with Crippen LogP contribution in [0.2, 0.25) is 0 Å². The van der Waals surface area contributed by atoms with Crippen LogP contribution in [0.15, 0.2) is 41.5 Å². The average molecular weight is 283 g/mol. The Bertz CT molecular complexity index is 838. The van der Waals surface area contributed by atoms with Gasteiger partial charge in [-0.3, -0.25) is 9.59 Å². The lowest BCUT2D eigenvalue weighted by atomic mass is 10.1. The van der Waals surface area contributed by atoms with Gasteiger partial charge in [0, 0.05) is 17.8 Å². The summed E-state index contributed by atoms with van der Waals surface area (Å²) in [5, 5.41) is 9.95. The van der Waals surface area contributed by atoms with Crippen LogP contribution in [0.1, 0.15) is 29.3 Å². The number of nitrogens with one attached hydrogen (secondary N) is 3. The topological polar surface area (TPSA) is 104 Å². The van der Waals surface area contributed by atoms with E-state index in [0.29, 0.717) is 16.6 Å². The molecule has 1 unspecified atom stereocenters. The first-order chi connectivity index (χ1) is 10.2. The minimum Gasteiger partial charge on any atom is -0.347 e. The maximum absolute atomic E-state index is 12.3. The summed E-state index contributed by atoms with van der Waals surface area (Å²) in [7, 11) is 0. The van der Waals surface area contributed by atoms with Crippen molar-refractivity contribution < 1.29 is 4.79 Å². The first-order valence-corrected chi connectivity index (χ1v) is 6.44. The number of aromatic nitrogens is 4. The molecule has 0 aliphatic rings. The second-order valence-corrected chi connectivity index (χ2v) is 4.62. The Morgan fingerprint density at radius 1 is 1.29 bits per heavy atom. The summed E-state index contributed by atoms with van der Waals surface area (Å²) in [4.78, 5) is 31.1. The molecule has 0 bridgehead atoms. The van der Waals surface area contributed by atoms with Gasteiger partial charge in [0.05, 0.1) is 11.4 Å². The number of benzene rings is 1. The molecule has 3 N–H and O–H groups in total. The van der Waals surface area contributed by atoms with E-state index in [1.165, 1.54) is 0 Å². The first-order valence-electron chi connectivity index (χ1n) is 6.44. The van der Waals surface area contributed by atoms with Crippen molar-refractivity contribution >= 4 is 16.7 Å². The van der Waals surface area contributed by atoms with E-state index in [2.05, 4.69) is 25.5 Å². The molecule has 0 radical (unpaired) electrons. The number of hydrogen-bond acceptors (Lipinski definition) is 4. The van der Waals surface area contributed by atoms with Crippen LogP contribution >= 0.6 is 0 Å². The molecular weight excluding hydrogens is 270 g/mol. The third kappa shape index (κ3) is 2.40. The summed E-state index contributed by atoms with van der Waals surface area (Å²) in [5.74, 6) is 0.281. The summed E-state index contributed by atoms with van der Waals surface area (Å²) in [6, 6.07) is 6.56. The van der Waals surface area contributed by atoms with Crippen molar-refractivity contribution in [2.75, 3.05) is 0 Å². The summed E-state index contributed by atoms with van der Waals surface area (Å²) < 4.78 is 0. The van der Waals surface area contributed by atoms with Crippen LogP contribution in [0.5, 0.6) is 0 Å². The van der Waals surface area contributed by atoms with Crippen LogP contribution in [-0.4, -0.2) is 26.1 Å². The second-order valence-electron chi connectivity index (χ2n) is 4.62. The maximum atomic E-state index is 12.3. The molecule has 1 atom stereocenters. The van der Waals surface area contributed by atoms with Gasteiger partial charge in [0.1, 0.15) is 5.82 Å². The largest absolute Gasteiger partial charge is 0.347 e. The predicted molar refractivity (Wildman–Crippen MR) is 76.8 cm³/mol. The van der Waals surface area contributed by atoms with Crippen molar-refractivity contribution in [2.45, 2.75) is 13.0 Å². The maximum Gasteiger partial charge on any atom is 0.272 e. The van der Waals surface area contributed by atoms with Crippen molar-refractivity contribution in [1.29, 1.82) is 0 Å². The van der Waals surface area contributed by atoms with Gasteiger partial charge in [0.25, 0.3) is 11.5 Å². The standard InChI is InChI=1S/C14H13N5O2/c1-8(12-15-6-7-16-12)17-14(21)11-9-4-2-3-5-10(9)13(20)19-18-11/h2-8H,1H3,(H,15,16)(H,17,21)(H,19,20). The Hall–Kier alpha value is -2.96. The number of aromatic amines is 2. The van der Waals surface area contributed by atoms with Gasteiger partial charge in [-0.15, -0.1) is 0 Å². The van der Waals surface area contributed by atoms with E-state index in [1.807, 2.05) is 6.92 Å². The SMILES string of the molecule is CC(NC(=O)c1n[nH]c(=O)c2ccccc12)c1ncc[nH]1. The van der Waals surface area contributed by atoms with E-state index < -0.39 is 0 Å². The van der Waals surface area contributed by atoms with Crippen molar-refractivity contribution in [2.24, 2.45) is 0 Å². The van der Waals surface area contributed by atoms with Crippen LogP contribution in [-0.2, 0) is 0 Å². The Labute approximate surface area is 119 Å². The third-order valence-corrected chi connectivity index (χ3v) is 3.19. The molecule has 21 heavy (non-hydrogen) atoms. The molecule has 7 nitrogen and oxygen atoms in total. The number of rotatable bonds is 3. The van der Waals surface area contributed by atoms with Crippen molar-refractivity contribution in [1.82, 2.24) is 25.5 Å². The number of fused-ring (bicyclic) bond motifs is 1. The molecule has 1 aromatic carbocycles. The predicted octanol–water partition coefficient (Wildman–Crippen LogP) is 1.14. The molecule has 0 aliphatic carbocycles. The summed E-state index contributed by atoms with van der Waals surface area (Å²) in [5.41, 5.74) is -0.134. The lowest BCUT2D eigenvalue weighted by Crippen LogP contribution is -2.29. The van der Waals surface area contributed by atoms with Gasteiger partial charge in [0.2, 0.25) is 0 Å². The smallest absolute Gasteiger partial charge is 0.272 e. The molecule has 0 aliphatic heterocycles. The van der Waals surface area contributed by atoms with Crippen LogP contribution in [0.3, 0.4) is 0 Å². The minimum atomic E-state index is -0.369. The van der Waals surface area contributed by atoms with E-state index in [9.17, 15) is 9.59 Å². The first kappa shape index (κ1) is 13.0. The van der Waals surface area contributed by atoms with Gasteiger partial charge < -0.3 is 10.3 Å². The Kier molecular flexibility index (Phi) is 3.23. The van der Waals surface area contributed by atoms with Crippen molar-refractivity contribution in [3.63, 3.8) is 0 Å². The Morgan fingerprint density at radius 2 is 2.05 bits per heavy atom. The van der Waals surface area contributed by atoms with Crippen LogP contribution in [0.4, 0.5) is 0 Å². The third-order valence-electron chi connectivity index (χ3n) is 3.19. The van der Waals surface area contributed by atoms with E-state index in [4.69, 9.17) is 0 Å². The van der Waals surface area contributed by atoms with Gasteiger partial charge in [-0.1, -0.05) is 18.2 Å². The number of nitrogens with zero attached hydrogens (tertiary/aromatic N) is 2. The van der Waals surface area contributed by atoms with E-state index >= 15 is 0 Å². The molecule has 2 heterocycles. The normalized spacial score (nSPS) is 12.2. The second kappa shape index (κ2) is 5.20.